The summed E-state index contributed by atoms with van der Waals surface area (Å²) < 4.78 is 12.8. The summed E-state index contributed by atoms with van der Waals surface area (Å²) in [6.45, 7) is 0. The SMILES string of the molecule is COc1ccc(-n2c(SCC(=O)Nc3ccc(N(C)C)cc3)nnc2-c2ccccc2OC)cc1. The Labute approximate surface area is 208 Å². The van der Waals surface area contributed by atoms with Crippen LogP contribution in [0.1, 0.15) is 0 Å². The highest BCUT2D eigenvalue weighted by Gasteiger charge is 2.20. The summed E-state index contributed by atoms with van der Waals surface area (Å²) in [5.74, 6) is 2.10. The zero-order chi connectivity index (χ0) is 24.8. The maximum atomic E-state index is 12.7. The molecule has 1 N–H and O–H groups in total. The van der Waals surface area contributed by atoms with Gasteiger partial charge in [0.2, 0.25) is 5.91 Å². The Morgan fingerprint density at radius 3 is 2.31 bits per heavy atom. The molecule has 1 amide bonds. The van der Waals surface area contributed by atoms with Crippen LogP contribution in [0.15, 0.2) is 78.0 Å². The van der Waals surface area contributed by atoms with Gasteiger partial charge in [0, 0.05) is 25.5 Å². The maximum absolute atomic E-state index is 12.7. The Bertz CT molecular complexity index is 1290. The van der Waals surface area contributed by atoms with Crippen molar-refractivity contribution in [2.75, 3.05) is 44.3 Å². The fourth-order valence-corrected chi connectivity index (χ4v) is 4.25. The number of ether oxygens (including phenoxy) is 2. The van der Waals surface area contributed by atoms with Gasteiger partial charge in [-0.15, -0.1) is 10.2 Å². The number of hydrogen-bond donors (Lipinski definition) is 1. The van der Waals surface area contributed by atoms with Gasteiger partial charge in [0.25, 0.3) is 0 Å². The third-order valence-corrected chi connectivity index (χ3v) is 6.24. The highest BCUT2D eigenvalue weighted by molar-refractivity contribution is 7.99. The van der Waals surface area contributed by atoms with E-state index in [0.29, 0.717) is 16.7 Å². The first-order valence-electron chi connectivity index (χ1n) is 10.9. The molecule has 0 unspecified atom stereocenters. The van der Waals surface area contributed by atoms with Crippen LogP contribution in [0.3, 0.4) is 0 Å². The number of para-hydroxylation sites is 1. The average Bonchev–Trinajstić information content (AvgIpc) is 3.31. The average molecular weight is 490 g/mol. The van der Waals surface area contributed by atoms with Gasteiger partial charge >= 0.3 is 0 Å². The van der Waals surface area contributed by atoms with Gasteiger partial charge in [-0.2, -0.15) is 0 Å². The van der Waals surface area contributed by atoms with Crippen LogP contribution in [-0.4, -0.2) is 54.7 Å². The van der Waals surface area contributed by atoms with E-state index in [4.69, 9.17) is 9.47 Å². The molecule has 0 aliphatic rings. The molecule has 0 bridgehead atoms. The molecule has 1 aromatic heterocycles. The van der Waals surface area contributed by atoms with Gasteiger partial charge in [-0.3, -0.25) is 9.36 Å². The third kappa shape index (κ3) is 5.58. The molecule has 1 heterocycles. The van der Waals surface area contributed by atoms with E-state index in [9.17, 15) is 4.79 Å². The van der Waals surface area contributed by atoms with Crippen LogP contribution < -0.4 is 19.7 Å². The first-order chi connectivity index (χ1) is 17.0. The lowest BCUT2D eigenvalue weighted by Crippen LogP contribution is -2.15. The lowest BCUT2D eigenvalue weighted by molar-refractivity contribution is -0.113. The maximum Gasteiger partial charge on any atom is 0.234 e. The van der Waals surface area contributed by atoms with Crippen molar-refractivity contribution in [2.45, 2.75) is 5.16 Å². The molecule has 0 aliphatic heterocycles. The zero-order valence-corrected chi connectivity index (χ0v) is 20.9. The second kappa shape index (κ2) is 11.0. The summed E-state index contributed by atoms with van der Waals surface area (Å²) in [5, 5.41) is 12.4. The smallest absolute Gasteiger partial charge is 0.234 e. The van der Waals surface area contributed by atoms with Gasteiger partial charge in [-0.1, -0.05) is 23.9 Å². The fraction of sp³-hybridized carbons (Fsp3) is 0.192. The molecule has 0 fully saturated rings. The van der Waals surface area contributed by atoms with E-state index >= 15 is 0 Å². The minimum Gasteiger partial charge on any atom is -0.497 e. The van der Waals surface area contributed by atoms with Gasteiger partial charge in [0.05, 0.1) is 31.2 Å². The molecule has 0 aliphatic carbocycles. The summed E-state index contributed by atoms with van der Waals surface area (Å²) >= 11 is 1.31. The number of rotatable bonds is 9. The Hall–Kier alpha value is -3.98. The zero-order valence-electron chi connectivity index (χ0n) is 20.1. The number of benzene rings is 3. The molecular formula is C26H27N5O3S. The van der Waals surface area contributed by atoms with Gasteiger partial charge < -0.3 is 19.7 Å². The van der Waals surface area contributed by atoms with Gasteiger partial charge in [0.15, 0.2) is 11.0 Å². The molecule has 3 aromatic carbocycles. The van der Waals surface area contributed by atoms with E-state index in [1.165, 1.54) is 11.8 Å². The Balaban J connectivity index is 1.59. The molecular weight excluding hydrogens is 462 g/mol. The summed E-state index contributed by atoms with van der Waals surface area (Å²) in [5.41, 5.74) is 3.45. The highest BCUT2D eigenvalue weighted by atomic mass is 32.2. The van der Waals surface area contributed by atoms with Crippen LogP contribution in [0.2, 0.25) is 0 Å². The van der Waals surface area contributed by atoms with Crippen LogP contribution in [0, 0.1) is 0 Å². The monoisotopic (exact) mass is 489 g/mol. The number of nitrogens with one attached hydrogen (secondary N) is 1. The first kappa shape index (κ1) is 24.2. The van der Waals surface area contributed by atoms with E-state index in [1.54, 1.807) is 14.2 Å². The second-order valence-corrected chi connectivity index (χ2v) is 8.76. The normalized spacial score (nSPS) is 10.6. The predicted molar refractivity (Wildman–Crippen MR) is 140 cm³/mol. The molecule has 9 heteroatoms. The Morgan fingerprint density at radius 1 is 0.943 bits per heavy atom. The van der Waals surface area contributed by atoms with Crippen LogP contribution in [0.5, 0.6) is 11.5 Å². The molecule has 8 nitrogen and oxygen atoms in total. The number of thioether (sulfide) groups is 1. The molecule has 0 spiro atoms. The summed E-state index contributed by atoms with van der Waals surface area (Å²) in [7, 11) is 7.20. The van der Waals surface area contributed by atoms with E-state index in [-0.39, 0.29) is 11.7 Å². The number of anilines is 2. The van der Waals surface area contributed by atoms with Crippen LogP contribution in [0.4, 0.5) is 11.4 Å². The van der Waals surface area contributed by atoms with Crippen molar-refractivity contribution in [1.82, 2.24) is 14.8 Å². The molecule has 4 aromatic rings. The van der Waals surface area contributed by atoms with Crippen LogP contribution in [0.25, 0.3) is 17.1 Å². The van der Waals surface area contributed by atoms with Crippen molar-refractivity contribution in [1.29, 1.82) is 0 Å². The van der Waals surface area contributed by atoms with Gasteiger partial charge in [0.1, 0.15) is 11.5 Å². The van der Waals surface area contributed by atoms with E-state index in [2.05, 4.69) is 15.5 Å². The molecule has 0 saturated carbocycles. The minimum atomic E-state index is -0.129. The van der Waals surface area contributed by atoms with Crippen LogP contribution >= 0.6 is 11.8 Å². The third-order valence-electron chi connectivity index (χ3n) is 5.31. The molecule has 0 radical (unpaired) electrons. The lowest BCUT2D eigenvalue weighted by atomic mass is 10.2. The summed E-state index contributed by atoms with van der Waals surface area (Å²) in [6, 6.07) is 22.9. The van der Waals surface area contributed by atoms with E-state index in [0.717, 1.165) is 28.4 Å². The van der Waals surface area contributed by atoms with Crippen molar-refractivity contribution >= 4 is 29.0 Å². The number of nitrogens with zero attached hydrogens (tertiary/aromatic N) is 4. The standard InChI is InChI=1S/C26H27N5O3S/c1-30(2)19-11-9-18(10-12-19)27-24(32)17-35-26-29-28-25(22-7-5-6-8-23(22)34-4)31(26)20-13-15-21(33-3)16-14-20/h5-16H,17H2,1-4H3,(H,27,32). The number of hydrogen-bond acceptors (Lipinski definition) is 7. The molecule has 35 heavy (non-hydrogen) atoms. The van der Waals surface area contributed by atoms with Crippen molar-refractivity contribution < 1.29 is 14.3 Å². The molecule has 180 valence electrons. The fourth-order valence-electron chi connectivity index (χ4n) is 3.50. The number of carbonyl (C=O) groups is 1. The Morgan fingerprint density at radius 2 is 1.66 bits per heavy atom. The first-order valence-corrected chi connectivity index (χ1v) is 11.9. The topological polar surface area (TPSA) is 81.5 Å². The molecule has 0 atom stereocenters. The highest BCUT2D eigenvalue weighted by Crippen LogP contribution is 2.33. The van der Waals surface area contributed by atoms with Crippen molar-refractivity contribution in [3.8, 4) is 28.6 Å². The minimum absolute atomic E-state index is 0.129. The quantitative estimate of drug-likeness (QED) is 0.340. The van der Waals surface area contributed by atoms with Gasteiger partial charge in [-0.25, -0.2) is 0 Å². The predicted octanol–water partition coefficient (Wildman–Crippen LogP) is 4.75. The van der Waals surface area contributed by atoms with Crippen molar-refractivity contribution in [3.63, 3.8) is 0 Å². The lowest BCUT2D eigenvalue weighted by Gasteiger charge is -2.13. The van der Waals surface area contributed by atoms with Gasteiger partial charge in [-0.05, 0) is 60.7 Å². The number of carbonyl (C=O) groups excluding carboxylic acids is 1. The van der Waals surface area contributed by atoms with E-state index < -0.39 is 0 Å². The number of amides is 1. The second-order valence-electron chi connectivity index (χ2n) is 7.82. The Kier molecular flexibility index (Phi) is 7.57. The largest absolute Gasteiger partial charge is 0.497 e. The van der Waals surface area contributed by atoms with Crippen LogP contribution in [-0.2, 0) is 4.79 Å². The summed E-state index contributed by atoms with van der Waals surface area (Å²) in [6.07, 6.45) is 0. The number of aromatic nitrogens is 3. The molecule has 0 saturated heterocycles. The van der Waals surface area contributed by atoms with Crippen molar-refractivity contribution in [2.24, 2.45) is 0 Å². The number of methoxy groups -OCH3 is 2. The molecule has 4 rings (SSSR count). The van der Waals surface area contributed by atoms with E-state index in [1.807, 2.05) is 96.4 Å². The summed E-state index contributed by atoms with van der Waals surface area (Å²) in [4.78, 5) is 14.7. The van der Waals surface area contributed by atoms with Crippen molar-refractivity contribution in [3.05, 3.63) is 72.8 Å².